The molecule has 80 valence electrons. The van der Waals surface area contributed by atoms with Crippen LogP contribution >= 0.6 is 0 Å². The summed E-state index contributed by atoms with van der Waals surface area (Å²) in [6, 6.07) is 3.91. The molecule has 0 saturated carbocycles. The predicted molar refractivity (Wildman–Crippen MR) is 51.6 cm³/mol. The van der Waals surface area contributed by atoms with Crippen LogP contribution in [0.1, 0.15) is 18.0 Å². The van der Waals surface area contributed by atoms with Gasteiger partial charge in [-0.05, 0) is 18.2 Å². The minimum atomic E-state index is -0.506. The molecule has 3 N–H and O–H groups in total. The van der Waals surface area contributed by atoms with Crippen molar-refractivity contribution in [2.75, 3.05) is 6.61 Å². The number of alkyl carbamates (subject to hydrolysis) is 1. The molecule has 5 heteroatoms. The van der Waals surface area contributed by atoms with Crippen LogP contribution in [0.4, 0.5) is 4.79 Å². The normalized spacial score (nSPS) is 20.5. The van der Waals surface area contributed by atoms with Gasteiger partial charge in [-0.15, -0.1) is 0 Å². The molecule has 5 nitrogen and oxygen atoms in total. The third kappa shape index (κ3) is 1.96. The van der Waals surface area contributed by atoms with Crippen LogP contribution in [0.5, 0.6) is 11.5 Å². The monoisotopic (exact) mass is 209 g/mol. The summed E-state index contributed by atoms with van der Waals surface area (Å²) in [5, 5.41) is 21.4. The molecule has 0 aromatic heterocycles. The fraction of sp³-hybridized carbons (Fsp3) is 0.300. The number of aromatic hydroxyl groups is 2. The van der Waals surface area contributed by atoms with E-state index in [2.05, 4.69) is 5.32 Å². The minimum Gasteiger partial charge on any atom is -0.508 e. The van der Waals surface area contributed by atoms with Crippen molar-refractivity contribution in [1.29, 1.82) is 0 Å². The van der Waals surface area contributed by atoms with E-state index in [0.29, 0.717) is 18.6 Å². The van der Waals surface area contributed by atoms with Crippen molar-refractivity contribution in [3.8, 4) is 11.5 Å². The Morgan fingerprint density at radius 1 is 1.40 bits per heavy atom. The third-order valence-electron chi connectivity index (χ3n) is 2.32. The number of phenolic OH excluding ortho intramolecular Hbond substituents is 2. The molecule has 0 radical (unpaired) electrons. The highest BCUT2D eigenvalue weighted by Crippen LogP contribution is 2.30. The van der Waals surface area contributed by atoms with Gasteiger partial charge in [-0.3, -0.25) is 0 Å². The Morgan fingerprint density at radius 3 is 2.93 bits per heavy atom. The third-order valence-corrected chi connectivity index (χ3v) is 2.32. The lowest BCUT2D eigenvalue weighted by Crippen LogP contribution is -2.35. The first-order valence-electron chi connectivity index (χ1n) is 4.62. The van der Waals surface area contributed by atoms with Crippen molar-refractivity contribution in [1.82, 2.24) is 5.32 Å². The summed E-state index contributed by atoms with van der Waals surface area (Å²) >= 11 is 0. The highest BCUT2D eigenvalue weighted by Gasteiger charge is 2.23. The highest BCUT2D eigenvalue weighted by molar-refractivity contribution is 5.69. The van der Waals surface area contributed by atoms with Crippen molar-refractivity contribution in [2.45, 2.75) is 12.5 Å². The number of nitrogens with one attached hydrogen (secondary N) is 1. The van der Waals surface area contributed by atoms with E-state index >= 15 is 0 Å². The van der Waals surface area contributed by atoms with Gasteiger partial charge in [0.05, 0.1) is 12.6 Å². The number of benzene rings is 1. The molecule has 1 amide bonds. The molecule has 1 heterocycles. The Bertz CT molecular complexity index is 391. The predicted octanol–water partition coefficient (Wildman–Crippen LogP) is 1.27. The second-order valence-corrected chi connectivity index (χ2v) is 3.36. The number of rotatable bonds is 1. The topological polar surface area (TPSA) is 78.8 Å². The van der Waals surface area contributed by atoms with Crippen LogP contribution < -0.4 is 5.32 Å². The molecule has 1 atom stereocenters. The Labute approximate surface area is 86.3 Å². The Balaban J connectivity index is 2.27. The Morgan fingerprint density at radius 2 is 2.20 bits per heavy atom. The van der Waals surface area contributed by atoms with Crippen LogP contribution in [-0.2, 0) is 4.74 Å². The fourth-order valence-corrected chi connectivity index (χ4v) is 1.58. The van der Waals surface area contributed by atoms with Crippen LogP contribution in [0.25, 0.3) is 0 Å². The second-order valence-electron chi connectivity index (χ2n) is 3.36. The highest BCUT2D eigenvalue weighted by atomic mass is 16.5. The van der Waals surface area contributed by atoms with E-state index in [9.17, 15) is 15.0 Å². The average Bonchev–Trinajstić information content (AvgIpc) is 2.22. The average molecular weight is 209 g/mol. The van der Waals surface area contributed by atoms with Gasteiger partial charge in [0, 0.05) is 12.0 Å². The number of phenols is 2. The molecule has 1 saturated heterocycles. The van der Waals surface area contributed by atoms with Gasteiger partial charge in [-0.2, -0.15) is 0 Å². The van der Waals surface area contributed by atoms with Crippen LogP contribution in [0, 0.1) is 0 Å². The van der Waals surface area contributed by atoms with E-state index in [1.165, 1.54) is 18.2 Å². The molecule has 0 aliphatic carbocycles. The van der Waals surface area contributed by atoms with E-state index in [0.717, 1.165) is 0 Å². The molecule has 1 aromatic rings. The van der Waals surface area contributed by atoms with Gasteiger partial charge in [0.25, 0.3) is 0 Å². The van der Waals surface area contributed by atoms with Gasteiger partial charge >= 0.3 is 6.09 Å². The van der Waals surface area contributed by atoms with Crippen molar-refractivity contribution in [3.63, 3.8) is 0 Å². The summed E-state index contributed by atoms with van der Waals surface area (Å²) in [7, 11) is 0. The largest absolute Gasteiger partial charge is 0.508 e. The summed E-state index contributed by atoms with van der Waals surface area (Å²) in [5.41, 5.74) is 0.506. The summed E-state index contributed by atoms with van der Waals surface area (Å²) in [5.74, 6) is 0.114. The van der Waals surface area contributed by atoms with Crippen molar-refractivity contribution in [3.05, 3.63) is 23.8 Å². The molecular formula is C10H11NO4. The zero-order valence-corrected chi connectivity index (χ0v) is 7.93. The first kappa shape index (κ1) is 9.64. The Hall–Kier alpha value is -1.91. The lowest BCUT2D eigenvalue weighted by Gasteiger charge is -2.24. The van der Waals surface area contributed by atoms with Crippen LogP contribution in [0.3, 0.4) is 0 Å². The molecule has 15 heavy (non-hydrogen) atoms. The van der Waals surface area contributed by atoms with Crippen molar-refractivity contribution >= 4 is 6.09 Å². The maximum absolute atomic E-state index is 11.0. The molecular weight excluding hydrogens is 198 g/mol. The molecule has 1 aromatic carbocycles. The van der Waals surface area contributed by atoms with E-state index in [-0.39, 0.29) is 17.5 Å². The second kappa shape index (κ2) is 3.68. The summed E-state index contributed by atoms with van der Waals surface area (Å²) in [6.45, 7) is 0.311. The van der Waals surface area contributed by atoms with E-state index in [4.69, 9.17) is 4.74 Å². The summed E-state index contributed by atoms with van der Waals surface area (Å²) in [6.07, 6.45) is 0.0666. The molecule has 0 spiro atoms. The SMILES string of the molecule is O=C1N[C@H](c2cc(O)ccc2O)CCO1. The Kier molecular flexibility index (Phi) is 2.37. The fourth-order valence-electron chi connectivity index (χ4n) is 1.58. The lowest BCUT2D eigenvalue weighted by atomic mass is 10.0. The quantitative estimate of drug-likeness (QED) is 0.608. The smallest absolute Gasteiger partial charge is 0.407 e. The number of cyclic esters (lactones) is 1. The number of ether oxygens (including phenoxy) is 1. The van der Waals surface area contributed by atoms with Crippen LogP contribution in [0.2, 0.25) is 0 Å². The van der Waals surface area contributed by atoms with Crippen LogP contribution in [0.15, 0.2) is 18.2 Å². The van der Waals surface area contributed by atoms with Gasteiger partial charge in [0.2, 0.25) is 0 Å². The molecule has 1 aliphatic heterocycles. The molecule has 0 bridgehead atoms. The van der Waals surface area contributed by atoms with Gasteiger partial charge in [0.1, 0.15) is 11.5 Å². The molecule has 1 fully saturated rings. The van der Waals surface area contributed by atoms with Gasteiger partial charge in [0.15, 0.2) is 0 Å². The molecule has 1 aliphatic rings. The number of carbonyl (C=O) groups is 1. The number of hydrogen-bond donors (Lipinski definition) is 3. The summed E-state index contributed by atoms with van der Waals surface area (Å²) < 4.78 is 4.71. The standard InChI is InChI=1S/C10H11NO4/c12-6-1-2-9(13)7(5-6)8-3-4-15-10(14)11-8/h1-2,5,8,12-13H,3-4H2,(H,11,14)/t8-/m0/s1. The molecule has 0 unspecified atom stereocenters. The van der Waals surface area contributed by atoms with E-state index in [1.54, 1.807) is 0 Å². The maximum atomic E-state index is 11.0. The first-order chi connectivity index (χ1) is 7.16. The van der Waals surface area contributed by atoms with Crippen molar-refractivity contribution in [2.24, 2.45) is 0 Å². The molecule has 2 rings (SSSR count). The van der Waals surface area contributed by atoms with Gasteiger partial charge < -0.3 is 20.3 Å². The summed E-state index contributed by atoms with van der Waals surface area (Å²) in [4.78, 5) is 11.0. The van der Waals surface area contributed by atoms with E-state index < -0.39 is 6.09 Å². The number of hydrogen-bond acceptors (Lipinski definition) is 4. The van der Waals surface area contributed by atoms with Gasteiger partial charge in [-0.25, -0.2) is 4.79 Å². The van der Waals surface area contributed by atoms with Crippen LogP contribution in [-0.4, -0.2) is 22.9 Å². The zero-order valence-electron chi connectivity index (χ0n) is 7.93. The first-order valence-corrected chi connectivity index (χ1v) is 4.62. The number of amides is 1. The maximum Gasteiger partial charge on any atom is 0.407 e. The minimum absolute atomic E-state index is 0.0556. The van der Waals surface area contributed by atoms with Crippen molar-refractivity contribution < 1.29 is 19.7 Å². The zero-order chi connectivity index (χ0) is 10.8. The lowest BCUT2D eigenvalue weighted by molar-refractivity contribution is 0.115. The van der Waals surface area contributed by atoms with E-state index in [1.807, 2.05) is 0 Å². The van der Waals surface area contributed by atoms with Gasteiger partial charge in [-0.1, -0.05) is 0 Å². The number of carbonyl (C=O) groups excluding carboxylic acids is 1.